The number of benzene rings is 1. The van der Waals surface area contributed by atoms with Crippen LogP contribution in [0, 0.1) is 17.0 Å². The van der Waals surface area contributed by atoms with Crippen molar-refractivity contribution in [3.8, 4) is 0 Å². The number of rotatable bonds is 4. The number of hydrogen-bond acceptors (Lipinski definition) is 6. The Kier molecular flexibility index (Phi) is 5.16. The summed E-state index contributed by atoms with van der Waals surface area (Å²) in [5, 5.41) is 20.8. The molecule has 27 heavy (non-hydrogen) atoms. The van der Waals surface area contributed by atoms with Gasteiger partial charge in [-0.1, -0.05) is 13.0 Å². The summed E-state index contributed by atoms with van der Waals surface area (Å²) in [6, 6.07) is 3.11. The smallest absolute Gasteiger partial charge is 0.328 e. The van der Waals surface area contributed by atoms with Crippen LogP contribution < -0.4 is 0 Å². The van der Waals surface area contributed by atoms with Crippen LogP contribution in [-0.4, -0.2) is 69.7 Å². The van der Waals surface area contributed by atoms with E-state index in [-0.39, 0.29) is 17.9 Å². The first kappa shape index (κ1) is 19.2. The normalized spacial score (nSPS) is 22.1. The fourth-order valence-corrected chi connectivity index (χ4v) is 3.85. The molecule has 1 atom stereocenters. The van der Waals surface area contributed by atoms with Crippen LogP contribution in [0.5, 0.6) is 0 Å². The van der Waals surface area contributed by atoms with Crippen molar-refractivity contribution in [2.75, 3.05) is 26.2 Å². The van der Waals surface area contributed by atoms with Gasteiger partial charge in [0.15, 0.2) is 6.04 Å². The van der Waals surface area contributed by atoms with Gasteiger partial charge >= 0.3 is 5.97 Å². The number of nitro benzene ring substituents is 1. The lowest BCUT2D eigenvalue weighted by molar-refractivity contribution is -0.385. The molecule has 2 saturated heterocycles. The van der Waals surface area contributed by atoms with Crippen LogP contribution >= 0.6 is 0 Å². The summed E-state index contributed by atoms with van der Waals surface area (Å²) < 4.78 is 5.87. The number of carbonyl (C=O) groups is 2. The molecule has 0 bridgehead atoms. The van der Waals surface area contributed by atoms with Crippen LogP contribution in [-0.2, 0) is 9.53 Å². The molecule has 0 radical (unpaired) electrons. The van der Waals surface area contributed by atoms with Gasteiger partial charge in [0.05, 0.1) is 11.5 Å². The molecule has 3 rings (SSSR count). The lowest BCUT2D eigenvalue weighted by Gasteiger charge is -2.44. The molecule has 1 N–H and O–H groups in total. The van der Waals surface area contributed by atoms with Gasteiger partial charge in [0.2, 0.25) is 0 Å². The van der Waals surface area contributed by atoms with E-state index in [0.29, 0.717) is 31.5 Å². The van der Waals surface area contributed by atoms with E-state index in [4.69, 9.17) is 4.74 Å². The van der Waals surface area contributed by atoms with E-state index in [1.54, 1.807) is 6.92 Å². The number of carboxylic acid groups (broad SMARTS) is 1. The molecule has 0 aliphatic carbocycles. The van der Waals surface area contributed by atoms with Crippen molar-refractivity contribution in [2.24, 2.45) is 0 Å². The van der Waals surface area contributed by atoms with Gasteiger partial charge in [0, 0.05) is 43.1 Å². The quantitative estimate of drug-likeness (QED) is 0.627. The maximum absolute atomic E-state index is 13.2. The second-order valence-electron chi connectivity index (χ2n) is 6.98. The minimum atomic E-state index is -1.14. The second kappa shape index (κ2) is 7.24. The highest BCUT2D eigenvalue weighted by Gasteiger charge is 2.54. The van der Waals surface area contributed by atoms with Gasteiger partial charge in [-0.15, -0.1) is 0 Å². The molecule has 2 aliphatic rings. The number of amides is 1. The first-order chi connectivity index (χ1) is 12.8. The van der Waals surface area contributed by atoms with E-state index in [9.17, 15) is 24.8 Å². The maximum Gasteiger partial charge on any atom is 0.328 e. The molecule has 1 spiro atoms. The van der Waals surface area contributed by atoms with Crippen LogP contribution in [0.4, 0.5) is 5.69 Å². The molecule has 9 heteroatoms. The monoisotopic (exact) mass is 377 g/mol. The third-order valence-corrected chi connectivity index (χ3v) is 5.50. The first-order valence-electron chi connectivity index (χ1n) is 8.97. The molecule has 9 nitrogen and oxygen atoms in total. The lowest BCUT2D eigenvalue weighted by atomic mass is 9.96. The SMILES string of the molecule is CCN1CCC2(CC1)OC[C@H](C(=O)O)N2C(=O)c1ccc(C)c([N+](=O)[O-])c1. The predicted octanol–water partition coefficient (Wildman–Crippen LogP) is 1.64. The van der Waals surface area contributed by atoms with Gasteiger partial charge in [-0.05, 0) is 19.5 Å². The third kappa shape index (κ3) is 3.40. The van der Waals surface area contributed by atoms with Gasteiger partial charge in [-0.2, -0.15) is 0 Å². The van der Waals surface area contributed by atoms with E-state index in [0.717, 1.165) is 6.54 Å². The Balaban J connectivity index is 1.97. The molecule has 146 valence electrons. The Morgan fingerprint density at radius 3 is 2.59 bits per heavy atom. The minimum Gasteiger partial charge on any atom is -0.480 e. The minimum absolute atomic E-state index is 0.0822. The summed E-state index contributed by atoms with van der Waals surface area (Å²) >= 11 is 0. The molecule has 1 aromatic carbocycles. The topological polar surface area (TPSA) is 113 Å². The van der Waals surface area contributed by atoms with Gasteiger partial charge in [0.1, 0.15) is 5.72 Å². The van der Waals surface area contributed by atoms with Crippen molar-refractivity contribution in [1.29, 1.82) is 0 Å². The van der Waals surface area contributed by atoms with Crippen molar-refractivity contribution >= 4 is 17.6 Å². The molecule has 0 aromatic heterocycles. The van der Waals surface area contributed by atoms with Crippen LogP contribution in [0.25, 0.3) is 0 Å². The molecule has 2 heterocycles. The maximum atomic E-state index is 13.2. The highest BCUT2D eigenvalue weighted by Crippen LogP contribution is 2.38. The summed E-state index contributed by atoms with van der Waals surface area (Å²) in [4.78, 5) is 39.1. The summed E-state index contributed by atoms with van der Waals surface area (Å²) in [5.41, 5.74) is -0.607. The van der Waals surface area contributed by atoms with Gasteiger partial charge in [-0.3, -0.25) is 19.8 Å². The zero-order valence-electron chi connectivity index (χ0n) is 15.4. The predicted molar refractivity (Wildman–Crippen MR) is 95.5 cm³/mol. The van der Waals surface area contributed by atoms with Gasteiger partial charge in [-0.25, -0.2) is 4.79 Å². The molecular formula is C18H23N3O6. The van der Waals surface area contributed by atoms with Gasteiger partial charge in [0.25, 0.3) is 11.6 Å². The molecule has 1 aromatic rings. The fourth-order valence-electron chi connectivity index (χ4n) is 3.85. The highest BCUT2D eigenvalue weighted by atomic mass is 16.6. The number of aliphatic carboxylic acids is 1. The summed E-state index contributed by atoms with van der Waals surface area (Å²) in [5.74, 6) is -1.69. The molecule has 2 fully saturated rings. The Morgan fingerprint density at radius 1 is 1.37 bits per heavy atom. The largest absolute Gasteiger partial charge is 0.480 e. The van der Waals surface area contributed by atoms with E-state index in [1.165, 1.54) is 23.1 Å². The zero-order chi connectivity index (χ0) is 19.8. The summed E-state index contributed by atoms with van der Waals surface area (Å²) in [6.07, 6.45) is 1.01. The third-order valence-electron chi connectivity index (χ3n) is 5.50. The van der Waals surface area contributed by atoms with Crippen molar-refractivity contribution in [3.63, 3.8) is 0 Å². The van der Waals surface area contributed by atoms with E-state index >= 15 is 0 Å². The Labute approximate surface area is 156 Å². The molecule has 2 aliphatic heterocycles. The molecule has 0 unspecified atom stereocenters. The standard InChI is InChI=1S/C18H23N3O6/c1-3-19-8-6-18(7-9-19)20(15(11-27-18)17(23)24)16(22)13-5-4-12(2)14(10-13)21(25)26/h4-5,10,15H,3,6-9,11H2,1-2H3,(H,23,24)/t15-/m1/s1. The van der Waals surface area contributed by atoms with Crippen LogP contribution in [0.2, 0.25) is 0 Å². The number of nitro groups is 1. The Morgan fingerprint density at radius 2 is 2.04 bits per heavy atom. The Bertz CT molecular complexity index is 772. The Hall–Kier alpha value is -2.52. The summed E-state index contributed by atoms with van der Waals surface area (Å²) in [7, 11) is 0. The number of ether oxygens (including phenoxy) is 1. The average molecular weight is 377 g/mol. The van der Waals surface area contributed by atoms with Crippen LogP contribution in [0.1, 0.15) is 35.7 Å². The van der Waals surface area contributed by atoms with Crippen molar-refractivity contribution < 1.29 is 24.4 Å². The first-order valence-corrected chi connectivity index (χ1v) is 8.97. The van der Waals surface area contributed by atoms with Crippen LogP contribution in [0.3, 0.4) is 0 Å². The summed E-state index contributed by atoms with van der Waals surface area (Å²) in [6.45, 7) is 5.81. The average Bonchev–Trinajstić information content (AvgIpc) is 3.01. The van der Waals surface area contributed by atoms with E-state index in [1.807, 2.05) is 6.92 Å². The number of carbonyl (C=O) groups excluding carboxylic acids is 1. The fraction of sp³-hybridized carbons (Fsp3) is 0.556. The van der Waals surface area contributed by atoms with Gasteiger partial charge < -0.3 is 14.7 Å². The van der Waals surface area contributed by atoms with E-state index < -0.39 is 28.6 Å². The number of hydrogen-bond donors (Lipinski definition) is 1. The van der Waals surface area contributed by atoms with Crippen molar-refractivity contribution in [2.45, 2.75) is 38.5 Å². The molecular weight excluding hydrogens is 354 g/mol. The molecule has 1 amide bonds. The number of carboxylic acids is 1. The van der Waals surface area contributed by atoms with Crippen molar-refractivity contribution in [3.05, 3.63) is 39.4 Å². The van der Waals surface area contributed by atoms with Crippen molar-refractivity contribution in [1.82, 2.24) is 9.80 Å². The highest BCUT2D eigenvalue weighted by molar-refractivity contribution is 5.98. The number of aryl methyl sites for hydroxylation is 1. The second-order valence-corrected chi connectivity index (χ2v) is 6.98. The van der Waals surface area contributed by atoms with E-state index in [2.05, 4.69) is 4.90 Å². The molecule has 0 saturated carbocycles. The number of nitrogens with zero attached hydrogens (tertiary/aromatic N) is 3. The van der Waals surface area contributed by atoms with Crippen LogP contribution in [0.15, 0.2) is 18.2 Å². The number of piperidine rings is 1. The number of likely N-dealkylation sites (tertiary alicyclic amines) is 1. The zero-order valence-corrected chi connectivity index (χ0v) is 15.4. The lowest BCUT2D eigenvalue weighted by Crippen LogP contribution is -2.58.